The maximum Gasteiger partial charge on any atom is 0.253 e. The van der Waals surface area contributed by atoms with Crippen LogP contribution in [0.15, 0.2) is 24.3 Å². The van der Waals surface area contributed by atoms with Crippen LogP contribution in [0.1, 0.15) is 74.1 Å². The molecule has 0 radical (unpaired) electrons. The molecule has 2 heterocycles. The number of piperidine rings is 2. The van der Waals surface area contributed by atoms with Gasteiger partial charge in [-0.1, -0.05) is 0 Å². The van der Waals surface area contributed by atoms with E-state index in [4.69, 9.17) is 0 Å². The first-order valence-electron chi connectivity index (χ1n) is 13.6. The zero-order valence-electron chi connectivity index (χ0n) is 22.4. The van der Waals surface area contributed by atoms with E-state index < -0.39 is 0 Å². The Morgan fingerprint density at radius 1 is 0.611 bits per heavy atom. The Bertz CT molecular complexity index is 833. The number of rotatable bonds is 8. The first-order valence-corrected chi connectivity index (χ1v) is 13.6. The molecule has 8 nitrogen and oxygen atoms in total. The first-order chi connectivity index (χ1) is 17.3. The summed E-state index contributed by atoms with van der Waals surface area (Å²) in [4.78, 5) is 58.6. The Hall–Kier alpha value is -2.90. The summed E-state index contributed by atoms with van der Waals surface area (Å²) >= 11 is 0. The Labute approximate surface area is 215 Å². The molecular formula is C28H42N4O4. The summed E-state index contributed by atoms with van der Waals surface area (Å²) < 4.78 is 0. The highest BCUT2D eigenvalue weighted by Gasteiger charge is 2.31. The average molecular weight is 499 g/mol. The molecule has 198 valence electrons. The third-order valence-electron chi connectivity index (χ3n) is 7.79. The first kappa shape index (κ1) is 27.7. The zero-order valence-corrected chi connectivity index (χ0v) is 22.4. The lowest BCUT2D eigenvalue weighted by molar-refractivity contribution is -0.137. The number of nitrogens with zero attached hydrogens (tertiary/aromatic N) is 4. The lowest BCUT2D eigenvalue weighted by Gasteiger charge is -2.34. The Kier molecular flexibility index (Phi) is 9.90. The SMILES string of the molecule is CCN(CC)C(=O)C1CCN(C(=O)c2ccc(C(=O)N3CCC(C(=O)N(CC)CC)CC3)cc2)CC1. The fraction of sp³-hybridized carbons (Fsp3) is 0.643. The van der Waals surface area contributed by atoms with E-state index in [-0.39, 0.29) is 35.5 Å². The highest BCUT2D eigenvalue weighted by atomic mass is 16.2. The van der Waals surface area contributed by atoms with E-state index in [0.29, 0.717) is 89.2 Å². The van der Waals surface area contributed by atoms with Gasteiger partial charge in [-0.25, -0.2) is 0 Å². The van der Waals surface area contributed by atoms with Gasteiger partial charge in [0.1, 0.15) is 0 Å². The molecule has 0 saturated carbocycles. The molecule has 2 aliphatic heterocycles. The molecule has 1 aromatic rings. The van der Waals surface area contributed by atoms with Crippen LogP contribution in [0, 0.1) is 11.8 Å². The summed E-state index contributed by atoms with van der Waals surface area (Å²) in [7, 11) is 0. The lowest BCUT2D eigenvalue weighted by Crippen LogP contribution is -2.44. The highest BCUT2D eigenvalue weighted by molar-refractivity contribution is 5.98. The van der Waals surface area contributed by atoms with Gasteiger partial charge in [-0.15, -0.1) is 0 Å². The van der Waals surface area contributed by atoms with Crippen molar-refractivity contribution >= 4 is 23.6 Å². The molecule has 36 heavy (non-hydrogen) atoms. The van der Waals surface area contributed by atoms with Crippen LogP contribution in [0.2, 0.25) is 0 Å². The molecule has 2 aliphatic rings. The van der Waals surface area contributed by atoms with E-state index in [1.807, 2.05) is 37.5 Å². The van der Waals surface area contributed by atoms with Gasteiger partial charge >= 0.3 is 0 Å². The smallest absolute Gasteiger partial charge is 0.253 e. The van der Waals surface area contributed by atoms with Crippen molar-refractivity contribution in [3.63, 3.8) is 0 Å². The summed E-state index contributed by atoms with van der Waals surface area (Å²) in [6, 6.07) is 6.89. The summed E-state index contributed by atoms with van der Waals surface area (Å²) in [5, 5.41) is 0. The van der Waals surface area contributed by atoms with Crippen LogP contribution >= 0.6 is 0 Å². The molecule has 4 amide bonds. The topological polar surface area (TPSA) is 81.2 Å². The van der Waals surface area contributed by atoms with Crippen LogP contribution in [-0.2, 0) is 9.59 Å². The van der Waals surface area contributed by atoms with Crippen LogP contribution in [0.25, 0.3) is 0 Å². The third kappa shape index (κ3) is 6.26. The Morgan fingerprint density at radius 2 is 0.889 bits per heavy atom. The van der Waals surface area contributed by atoms with Gasteiger partial charge in [-0.2, -0.15) is 0 Å². The Balaban J connectivity index is 1.52. The van der Waals surface area contributed by atoms with Crippen molar-refractivity contribution in [3.8, 4) is 0 Å². The third-order valence-corrected chi connectivity index (χ3v) is 7.79. The maximum absolute atomic E-state index is 13.0. The van der Waals surface area contributed by atoms with Gasteiger partial charge in [-0.05, 0) is 77.6 Å². The van der Waals surface area contributed by atoms with Crippen molar-refractivity contribution in [2.75, 3.05) is 52.4 Å². The maximum atomic E-state index is 13.0. The molecular weight excluding hydrogens is 456 g/mol. The summed E-state index contributed by atoms with van der Waals surface area (Å²) in [5.41, 5.74) is 1.12. The van der Waals surface area contributed by atoms with E-state index >= 15 is 0 Å². The second-order valence-corrected chi connectivity index (χ2v) is 9.73. The van der Waals surface area contributed by atoms with E-state index in [1.165, 1.54) is 0 Å². The van der Waals surface area contributed by atoms with Crippen molar-refractivity contribution in [2.45, 2.75) is 53.4 Å². The van der Waals surface area contributed by atoms with Crippen molar-refractivity contribution < 1.29 is 19.2 Å². The van der Waals surface area contributed by atoms with Crippen molar-refractivity contribution in [2.24, 2.45) is 11.8 Å². The molecule has 8 heteroatoms. The number of hydrogen-bond acceptors (Lipinski definition) is 4. The van der Waals surface area contributed by atoms with E-state index in [2.05, 4.69) is 0 Å². The number of carbonyl (C=O) groups excluding carboxylic acids is 4. The number of benzene rings is 1. The molecule has 0 aliphatic carbocycles. The number of likely N-dealkylation sites (tertiary alicyclic amines) is 2. The molecule has 0 bridgehead atoms. The van der Waals surface area contributed by atoms with Gasteiger partial charge in [0.15, 0.2) is 0 Å². The van der Waals surface area contributed by atoms with Crippen LogP contribution in [0.3, 0.4) is 0 Å². The van der Waals surface area contributed by atoms with Crippen LogP contribution in [-0.4, -0.2) is 95.6 Å². The van der Waals surface area contributed by atoms with Gasteiger partial charge < -0.3 is 19.6 Å². The van der Waals surface area contributed by atoms with Gasteiger partial charge in [0.2, 0.25) is 11.8 Å². The number of carbonyl (C=O) groups is 4. The van der Waals surface area contributed by atoms with Crippen molar-refractivity contribution in [1.82, 2.24) is 19.6 Å². The second-order valence-electron chi connectivity index (χ2n) is 9.73. The molecule has 0 unspecified atom stereocenters. The predicted octanol–water partition coefficient (Wildman–Crippen LogP) is 3.13. The van der Waals surface area contributed by atoms with Gasteiger partial charge in [-0.3, -0.25) is 19.2 Å². The van der Waals surface area contributed by atoms with E-state index in [0.717, 1.165) is 0 Å². The summed E-state index contributed by atoms with van der Waals surface area (Å²) in [6.07, 6.45) is 2.74. The van der Waals surface area contributed by atoms with E-state index in [1.54, 1.807) is 34.1 Å². The summed E-state index contributed by atoms with van der Waals surface area (Å²) in [6.45, 7) is 13.1. The predicted molar refractivity (Wildman–Crippen MR) is 140 cm³/mol. The second kappa shape index (κ2) is 12.9. The Morgan fingerprint density at radius 3 is 1.14 bits per heavy atom. The zero-order chi connectivity index (χ0) is 26.2. The minimum absolute atomic E-state index is 0.0135. The molecule has 2 saturated heterocycles. The van der Waals surface area contributed by atoms with Crippen LogP contribution in [0.5, 0.6) is 0 Å². The number of hydrogen-bond donors (Lipinski definition) is 0. The quantitative estimate of drug-likeness (QED) is 0.552. The fourth-order valence-electron chi connectivity index (χ4n) is 5.37. The van der Waals surface area contributed by atoms with Gasteiger partial charge in [0.25, 0.3) is 11.8 Å². The number of amides is 4. The van der Waals surface area contributed by atoms with Crippen molar-refractivity contribution in [3.05, 3.63) is 35.4 Å². The fourth-order valence-corrected chi connectivity index (χ4v) is 5.37. The summed E-state index contributed by atoms with van der Waals surface area (Å²) in [5.74, 6) is 0.241. The van der Waals surface area contributed by atoms with Crippen molar-refractivity contribution in [1.29, 1.82) is 0 Å². The van der Waals surface area contributed by atoms with Crippen LogP contribution < -0.4 is 0 Å². The molecule has 0 spiro atoms. The van der Waals surface area contributed by atoms with Gasteiger partial charge in [0.05, 0.1) is 0 Å². The molecule has 1 aromatic carbocycles. The molecule has 0 atom stereocenters. The molecule has 0 N–H and O–H groups in total. The standard InChI is InChI=1S/C28H42N4O4/c1-5-29(6-2)25(33)23-13-17-31(18-14-23)27(35)21-9-11-22(12-10-21)28(36)32-19-15-24(16-20-32)26(34)30(7-3)8-4/h9-12,23-24H,5-8,13-20H2,1-4H3. The molecule has 3 rings (SSSR count). The molecule has 0 aromatic heterocycles. The van der Waals surface area contributed by atoms with E-state index in [9.17, 15) is 19.2 Å². The largest absolute Gasteiger partial charge is 0.343 e. The van der Waals surface area contributed by atoms with Gasteiger partial charge in [0, 0.05) is 75.3 Å². The highest BCUT2D eigenvalue weighted by Crippen LogP contribution is 2.23. The minimum atomic E-state index is -0.0570. The average Bonchev–Trinajstić information content (AvgIpc) is 2.93. The minimum Gasteiger partial charge on any atom is -0.343 e. The van der Waals surface area contributed by atoms with Crippen LogP contribution in [0.4, 0.5) is 0 Å². The molecule has 2 fully saturated rings. The normalized spacial score (nSPS) is 17.1. The lowest BCUT2D eigenvalue weighted by atomic mass is 9.94. The monoisotopic (exact) mass is 498 g/mol.